The molecule has 0 aromatic heterocycles. The topological polar surface area (TPSA) is 69.4 Å². The fraction of sp³-hybridized carbons (Fsp3) is 0.455. The minimum atomic E-state index is -3.13. The van der Waals surface area contributed by atoms with Crippen LogP contribution in [0.5, 0.6) is 0 Å². The Labute approximate surface area is 96.3 Å². The van der Waals surface area contributed by atoms with Gasteiger partial charge in [-0.3, -0.25) is 0 Å². The number of sulfone groups is 1. The van der Waals surface area contributed by atoms with Crippen molar-refractivity contribution in [3.8, 4) is 0 Å². The van der Waals surface area contributed by atoms with Gasteiger partial charge in [-0.25, -0.2) is 8.42 Å². The number of hydrogen-bond acceptors (Lipinski definition) is 4. The predicted octanol–water partition coefficient (Wildman–Crippen LogP) is 0.779. The first-order valence-corrected chi connectivity index (χ1v) is 6.87. The van der Waals surface area contributed by atoms with Crippen LogP contribution in [0.25, 0.3) is 0 Å². The Hall–Kier alpha value is -0.910. The van der Waals surface area contributed by atoms with Crippen LogP contribution in [0.2, 0.25) is 0 Å². The van der Waals surface area contributed by atoms with Crippen molar-refractivity contribution in [2.24, 2.45) is 5.73 Å². The highest BCUT2D eigenvalue weighted by Gasteiger charge is 2.11. The molecule has 0 fully saturated rings. The number of methoxy groups -OCH3 is 1. The molecule has 1 atom stereocenters. The molecule has 0 spiro atoms. The summed E-state index contributed by atoms with van der Waals surface area (Å²) in [6.07, 6.45) is 1.19. The van der Waals surface area contributed by atoms with Crippen LogP contribution < -0.4 is 5.73 Å². The van der Waals surface area contributed by atoms with E-state index in [1.807, 2.05) is 0 Å². The molecule has 1 unspecified atom stereocenters. The van der Waals surface area contributed by atoms with Crippen LogP contribution in [0.15, 0.2) is 29.2 Å². The molecular weight excluding hydrogens is 226 g/mol. The van der Waals surface area contributed by atoms with Gasteiger partial charge in [-0.15, -0.1) is 0 Å². The molecule has 16 heavy (non-hydrogen) atoms. The van der Waals surface area contributed by atoms with Crippen molar-refractivity contribution in [3.63, 3.8) is 0 Å². The van der Waals surface area contributed by atoms with Crippen molar-refractivity contribution >= 4 is 9.84 Å². The molecule has 0 radical (unpaired) electrons. The number of nitrogens with two attached hydrogens (primary N) is 1. The molecule has 0 saturated carbocycles. The van der Waals surface area contributed by atoms with Crippen LogP contribution >= 0.6 is 0 Å². The van der Waals surface area contributed by atoms with E-state index in [1.165, 1.54) is 6.26 Å². The average molecular weight is 243 g/mol. The van der Waals surface area contributed by atoms with Crippen LogP contribution in [0.1, 0.15) is 11.5 Å². The maximum absolute atomic E-state index is 11.3. The lowest BCUT2D eigenvalue weighted by Crippen LogP contribution is -2.17. The summed E-state index contributed by atoms with van der Waals surface area (Å²) < 4.78 is 27.6. The molecule has 2 N–H and O–H groups in total. The summed E-state index contributed by atoms with van der Waals surface area (Å²) in [6.45, 7) is 1.01. The van der Waals surface area contributed by atoms with E-state index < -0.39 is 9.84 Å². The Kier molecular flexibility index (Phi) is 4.46. The largest absolute Gasteiger partial charge is 0.384 e. The summed E-state index contributed by atoms with van der Waals surface area (Å²) in [5.74, 6) is 0.110. The van der Waals surface area contributed by atoms with Crippen LogP contribution in [0, 0.1) is 0 Å². The van der Waals surface area contributed by atoms with Crippen LogP contribution in [-0.2, 0) is 14.6 Å². The molecule has 0 aliphatic rings. The summed E-state index contributed by atoms with van der Waals surface area (Å²) in [4.78, 5) is 0.324. The zero-order chi connectivity index (χ0) is 12.2. The third kappa shape index (κ3) is 3.30. The van der Waals surface area contributed by atoms with E-state index in [0.29, 0.717) is 18.0 Å². The highest BCUT2D eigenvalue weighted by atomic mass is 32.2. The van der Waals surface area contributed by atoms with E-state index in [1.54, 1.807) is 31.4 Å². The Morgan fingerprint density at radius 3 is 2.25 bits per heavy atom. The smallest absolute Gasteiger partial charge is 0.175 e. The first kappa shape index (κ1) is 13.2. The molecule has 0 bridgehead atoms. The molecule has 1 aromatic carbocycles. The Balaban J connectivity index is 2.93. The second-order valence-electron chi connectivity index (χ2n) is 3.73. The van der Waals surface area contributed by atoms with Gasteiger partial charge in [0.25, 0.3) is 0 Å². The summed E-state index contributed by atoms with van der Waals surface area (Å²) in [7, 11) is -1.51. The van der Waals surface area contributed by atoms with Gasteiger partial charge < -0.3 is 10.5 Å². The van der Waals surface area contributed by atoms with Gasteiger partial charge in [0.15, 0.2) is 9.84 Å². The van der Waals surface area contributed by atoms with Crippen molar-refractivity contribution < 1.29 is 13.2 Å². The molecule has 1 aromatic rings. The Morgan fingerprint density at radius 1 is 1.31 bits per heavy atom. The molecule has 0 saturated heterocycles. The van der Waals surface area contributed by atoms with Crippen LogP contribution in [-0.4, -0.2) is 34.9 Å². The van der Waals surface area contributed by atoms with Gasteiger partial charge in [-0.1, -0.05) is 12.1 Å². The molecule has 1 rings (SSSR count). The van der Waals surface area contributed by atoms with Crippen molar-refractivity contribution in [2.75, 3.05) is 26.5 Å². The van der Waals surface area contributed by atoms with Gasteiger partial charge in [0, 0.05) is 25.8 Å². The minimum absolute atomic E-state index is 0.110. The second-order valence-corrected chi connectivity index (χ2v) is 5.74. The SMILES string of the molecule is COCC(CN)c1ccc(S(C)(=O)=O)cc1. The molecule has 0 aliphatic heterocycles. The van der Waals surface area contributed by atoms with Crippen LogP contribution in [0.4, 0.5) is 0 Å². The van der Waals surface area contributed by atoms with Crippen molar-refractivity contribution in [1.29, 1.82) is 0 Å². The molecule has 90 valence electrons. The van der Waals surface area contributed by atoms with E-state index >= 15 is 0 Å². The first-order valence-electron chi connectivity index (χ1n) is 4.98. The lowest BCUT2D eigenvalue weighted by atomic mass is 10.0. The van der Waals surface area contributed by atoms with Gasteiger partial charge in [0.1, 0.15) is 0 Å². The van der Waals surface area contributed by atoms with Gasteiger partial charge >= 0.3 is 0 Å². The highest BCUT2D eigenvalue weighted by molar-refractivity contribution is 7.90. The zero-order valence-electron chi connectivity index (χ0n) is 9.51. The maximum Gasteiger partial charge on any atom is 0.175 e. The summed E-state index contributed by atoms with van der Waals surface area (Å²) in [5.41, 5.74) is 6.61. The Bertz CT molecular complexity index is 425. The maximum atomic E-state index is 11.3. The quantitative estimate of drug-likeness (QED) is 0.829. The molecule has 4 nitrogen and oxygen atoms in total. The van der Waals surface area contributed by atoms with E-state index in [9.17, 15) is 8.42 Å². The normalized spacial score (nSPS) is 13.7. The Morgan fingerprint density at radius 2 is 1.88 bits per heavy atom. The van der Waals surface area contributed by atoms with E-state index in [4.69, 9.17) is 10.5 Å². The van der Waals surface area contributed by atoms with Gasteiger partial charge in [0.05, 0.1) is 11.5 Å². The van der Waals surface area contributed by atoms with Crippen molar-refractivity contribution in [2.45, 2.75) is 10.8 Å². The molecule has 5 heteroatoms. The number of rotatable bonds is 5. The van der Waals surface area contributed by atoms with Crippen molar-refractivity contribution in [1.82, 2.24) is 0 Å². The number of hydrogen-bond donors (Lipinski definition) is 1. The lowest BCUT2D eigenvalue weighted by Gasteiger charge is -2.14. The number of benzene rings is 1. The average Bonchev–Trinajstić information content (AvgIpc) is 2.25. The summed E-state index contributed by atoms with van der Waals surface area (Å²) in [6, 6.07) is 6.77. The fourth-order valence-electron chi connectivity index (χ4n) is 1.49. The van der Waals surface area contributed by atoms with E-state index in [2.05, 4.69) is 0 Å². The zero-order valence-corrected chi connectivity index (χ0v) is 10.3. The number of ether oxygens (including phenoxy) is 1. The first-order chi connectivity index (χ1) is 7.49. The predicted molar refractivity (Wildman–Crippen MR) is 63.2 cm³/mol. The third-order valence-electron chi connectivity index (χ3n) is 2.43. The summed E-state index contributed by atoms with van der Waals surface area (Å²) in [5, 5.41) is 0. The van der Waals surface area contributed by atoms with Crippen LogP contribution in [0.3, 0.4) is 0 Å². The summed E-state index contributed by atoms with van der Waals surface area (Å²) >= 11 is 0. The lowest BCUT2D eigenvalue weighted by molar-refractivity contribution is 0.181. The minimum Gasteiger partial charge on any atom is -0.384 e. The molecular formula is C11H17NO3S. The van der Waals surface area contributed by atoms with E-state index in [-0.39, 0.29) is 5.92 Å². The third-order valence-corrected chi connectivity index (χ3v) is 3.56. The van der Waals surface area contributed by atoms with Gasteiger partial charge in [-0.2, -0.15) is 0 Å². The second kappa shape index (κ2) is 5.43. The van der Waals surface area contributed by atoms with E-state index in [0.717, 1.165) is 5.56 Å². The molecule has 0 heterocycles. The molecule has 0 amide bonds. The standard InChI is InChI=1S/C11H17NO3S/c1-15-8-10(7-12)9-3-5-11(6-4-9)16(2,13)14/h3-6,10H,7-8,12H2,1-2H3. The highest BCUT2D eigenvalue weighted by Crippen LogP contribution is 2.17. The van der Waals surface area contributed by atoms with Crippen molar-refractivity contribution in [3.05, 3.63) is 29.8 Å². The fourth-order valence-corrected chi connectivity index (χ4v) is 2.12. The van der Waals surface area contributed by atoms with Gasteiger partial charge in [0.2, 0.25) is 0 Å². The monoisotopic (exact) mass is 243 g/mol. The van der Waals surface area contributed by atoms with Gasteiger partial charge in [-0.05, 0) is 17.7 Å². The molecule has 0 aliphatic carbocycles.